The highest BCUT2D eigenvalue weighted by atomic mass is 16.1. The van der Waals surface area contributed by atoms with Crippen LogP contribution < -0.4 is 10.2 Å². The number of carbonyl (C=O) groups is 1. The first-order valence-corrected chi connectivity index (χ1v) is 10.9. The maximum Gasteiger partial charge on any atom is 0.257 e. The van der Waals surface area contributed by atoms with Crippen LogP contribution in [0.1, 0.15) is 16.2 Å². The van der Waals surface area contributed by atoms with Gasteiger partial charge in [0.1, 0.15) is 17.5 Å². The fraction of sp³-hybridized carbons (Fsp3) is 0.292. The molecule has 0 atom stereocenters. The summed E-state index contributed by atoms with van der Waals surface area (Å²) in [5.74, 6) is 2.02. The van der Waals surface area contributed by atoms with Gasteiger partial charge >= 0.3 is 0 Å². The van der Waals surface area contributed by atoms with E-state index < -0.39 is 0 Å². The molecule has 1 amide bonds. The molecule has 0 spiro atoms. The second kappa shape index (κ2) is 8.59. The molecule has 5 heterocycles. The van der Waals surface area contributed by atoms with Gasteiger partial charge in [-0.25, -0.2) is 15.0 Å². The molecule has 1 N–H and O–H groups in total. The highest BCUT2D eigenvalue weighted by Crippen LogP contribution is 2.24. The molecule has 4 aromatic rings. The number of rotatable bonds is 4. The molecule has 4 aromatic heterocycles. The first-order chi connectivity index (χ1) is 16.0. The third-order valence-electron chi connectivity index (χ3n) is 6.16. The zero-order chi connectivity index (χ0) is 22.9. The molecule has 1 fully saturated rings. The lowest BCUT2D eigenvalue weighted by molar-refractivity contribution is 0.102. The highest BCUT2D eigenvalue weighted by Gasteiger charge is 2.17. The summed E-state index contributed by atoms with van der Waals surface area (Å²) in [5, 5.41) is 4.76. The topological polar surface area (TPSA) is 92.1 Å². The normalized spacial score (nSPS) is 14.6. The Hall–Kier alpha value is -3.85. The minimum atomic E-state index is -0.212. The lowest BCUT2D eigenvalue weighted by Gasteiger charge is -2.33. The van der Waals surface area contributed by atoms with Crippen LogP contribution in [-0.4, -0.2) is 68.5 Å². The third kappa shape index (κ3) is 4.27. The average molecular weight is 443 g/mol. The molecule has 0 saturated carbocycles. The number of likely N-dealkylation sites (N-methyl/N-ethyl adjacent to an activating group) is 1. The van der Waals surface area contributed by atoms with Gasteiger partial charge in [-0.2, -0.15) is 0 Å². The Labute approximate surface area is 192 Å². The van der Waals surface area contributed by atoms with E-state index in [0.717, 1.165) is 60.0 Å². The van der Waals surface area contributed by atoms with Crippen LogP contribution in [-0.2, 0) is 7.05 Å². The number of aromatic nitrogens is 5. The molecular formula is C24H26N8O. The maximum absolute atomic E-state index is 12.9. The van der Waals surface area contributed by atoms with E-state index in [1.807, 2.05) is 42.9 Å². The fourth-order valence-electron chi connectivity index (χ4n) is 3.94. The van der Waals surface area contributed by atoms with Gasteiger partial charge < -0.3 is 19.7 Å². The van der Waals surface area contributed by atoms with Crippen LogP contribution >= 0.6 is 0 Å². The summed E-state index contributed by atoms with van der Waals surface area (Å²) in [6.45, 7) is 5.71. The van der Waals surface area contributed by atoms with Crippen LogP contribution in [0.5, 0.6) is 0 Å². The molecule has 0 radical (unpaired) electrons. The summed E-state index contributed by atoms with van der Waals surface area (Å²) in [4.78, 5) is 35.2. The average Bonchev–Trinajstić information content (AvgIpc) is 3.17. The fourth-order valence-corrected chi connectivity index (χ4v) is 3.94. The van der Waals surface area contributed by atoms with Gasteiger partial charge in [-0.1, -0.05) is 0 Å². The van der Waals surface area contributed by atoms with Crippen molar-refractivity contribution in [2.24, 2.45) is 7.05 Å². The van der Waals surface area contributed by atoms with Crippen molar-refractivity contribution in [2.75, 3.05) is 43.4 Å². The first-order valence-electron chi connectivity index (χ1n) is 10.9. The number of anilines is 2. The zero-order valence-corrected chi connectivity index (χ0v) is 19.0. The van der Waals surface area contributed by atoms with E-state index in [1.54, 1.807) is 24.7 Å². The molecular weight excluding hydrogens is 416 g/mol. The summed E-state index contributed by atoms with van der Waals surface area (Å²) in [7, 11) is 4.08. The number of carbonyl (C=O) groups excluding carboxylic acids is 1. The van der Waals surface area contributed by atoms with Crippen molar-refractivity contribution in [3.05, 3.63) is 60.4 Å². The lowest BCUT2D eigenvalue weighted by Crippen LogP contribution is -2.44. The molecule has 1 aliphatic heterocycles. The molecule has 0 aliphatic carbocycles. The maximum atomic E-state index is 12.9. The molecule has 168 valence electrons. The van der Waals surface area contributed by atoms with Crippen LogP contribution in [0.4, 0.5) is 11.6 Å². The third-order valence-corrected chi connectivity index (χ3v) is 6.16. The number of nitrogens with zero attached hydrogens (tertiary/aromatic N) is 7. The van der Waals surface area contributed by atoms with Gasteiger partial charge in [-0.3, -0.25) is 9.78 Å². The van der Waals surface area contributed by atoms with Crippen molar-refractivity contribution in [2.45, 2.75) is 6.92 Å². The lowest BCUT2D eigenvalue weighted by atomic mass is 10.1. The zero-order valence-electron chi connectivity index (χ0n) is 19.0. The molecule has 33 heavy (non-hydrogen) atoms. The SMILES string of the molecule is Cc1ncc(-c2cc3cc(NC(=O)c4ccnc(N5CCN(C)CC5)c4)ncc3cn2)n1C. The summed E-state index contributed by atoms with van der Waals surface area (Å²) >= 11 is 0. The van der Waals surface area contributed by atoms with Gasteiger partial charge in [0.05, 0.1) is 17.6 Å². The second-order valence-electron chi connectivity index (χ2n) is 8.38. The van der Waals surface area contributed by atoms with E-state index in [2.05, 4.69) is 42.1 Å². The minimum absolute atomic E-state index is 0.212. The largest absolute Gasteiger partial charge is 0.354 e. The number of amides is 1. The number of hydrogen-bond donors (Lipinski definition) is 1. The summed E-state index contributed by atoms with van der Waals surface area (Å²) < 4.78 is 2.00. The van der Waals surface area contributed by atoms with Gasteiger partial charge in [0.15, 0.2) is 0 Å². The molecule has 1 aliphatic rings. The van der Waals surface area contributed by atoms with E-state index in [1.165, 1.54) is 0 Å². The molecule has 1 saturated heterocycles. The number of nitrogens with one attached hydrogen (secondary N) is 1. The van der Waals surface area contributed by atoms with Gasteiger partial charge in [-0.05, 0) is 43.6 Å². The van der Waals surface area contributed by atoms with Crippen LogP contribution in [0.15, 0.2) is 49.1 Å². The van der Waals surface area contributed by atoms with Gasteiger partial charge in [0.2, 0.25) is 0 Å². The Bertz CT molecular complexity index is 1320. The van der Waals surface area contributed by atoms with Gasteiger partial charge in [0, 0.05) is 62.8 Å². The van der Waals surface area contributed by atoms with E-state index in [9.17, 15) is 4.79 Å². The molecule has 0 bridgehead atoms. The predicted molar refractivity (Wildman–Crippen MR) is 128 cm³/mol. The number of imidazole rings is 1. The van der Waals surface area contributed by atoms with Crippen LogP contribution in [0.2, 0.25) is 0 Å². The predicted octanol–water partition coefficient (Wildman–Crippen LogP) is 2.74. The van der Waals surface area contributed by atoms with Gasteiger partial charge in [0.25, 0.3) is 5.91 Å². The quantitative estimate of drug-likeness (QED) is 0.520. The Balaban J connectivity index is 1.37. The van der Waals surface area contributed by atoms with E-state index in [-0.39, 0.29) is 5.91 Å². The number of piperazine rings is 1. The Morgan fingerprint density at radius 3 is 2.45 bits per heavy atom. The summed E-state index contributed by atoms with van der Waals surface area (Å²) in [5.41, 5.74) is 2.31. The molecule has 5 rings (SSSR count). The van der Waals surface area contributed by atoms with Crippen molar-refractivity contribution in [1.29, 1.82) is 0 Å². The molecule has 0 unspecified atom stereocenters. The van der Waals surface area contributed by atoms with Gasteiger partial charge in [-0.15, -0.1) is 0 Å². The van der Waals surface area contributed by atoms with Crippen molar-refractivity contribution in [3.63, 3.8) is 0 Å². The number of fused-ring (bicyclic) bond motifs is 1. The molecule has 9 heteroatoms. The van der Waals surface area contributed by atoms with Crippen molar-refractivity contribution in [3.8, 4) is 11.4 Å². The Morgan fingerprint density at radius 1 is 0.909 bits per heavy atom. The Kier molecular flexibility index (Phi) is 5.47. The molecule has 0 aromatic carbocycles. The van der Waals surface area contributed by atoms with E-state index in [0.29, 0.717) is 11.4 Å². The monoisotopic (exact) mass is 442 g/mol. The van der Waals surface area contributed by atoms with Crippen LogP contribution in [0.3, 0.4) is 0 Å². The first kappa shape index (κ1) is 21.0. The van der Waals surface area contributed by atoms with E-state index in [4.69, 9.17) is 0 Å². The van der Waals surface area contributed by atoms with Crippen molar-refractivity contribution >= 4 is 28.3 Å². The number of hydrogen-bond acceptors (Lipinski definition) is 7. The van der Waals surface area contributed by atoms with E-state index >= 15 is 0 Å². The number of aryl methyl sites for hydroxylation is 1. The second-order valence-corrected chi connectivity index (χ2v) is 8.38. The van der Waals surface area contributed by atoms with Crippen LogP contribution in [0.25, 0.3) is 22.2 Å². The summed E-state index contributed by atoms with van der Waals surface area (Å²) in [6, 6.07) is 7.42. The number of pyridine rings is 3. The standard InChI is InChI=1S/C24H26N8O/c1-16-26-15-21(31(16)3)20-10-18-11-22(28-14-19(18)13-27-20)29-24(33)17-4-5-25-23(12-17)32-8-6-30(2)7-9-32/h4-5,10-15H,6-9H2,1-3H3,(H,28,29,33). The highest BCUT2D eigenvalue weighted by molar-refractivity contribution is 6.05. The van der Waals surface area contributed by atoms with Crippen molar-refractivity contribution < 1.29 is 4.79 Å². The minimum Gasteiger partial charge on any atom is -0.354 e. The summed E-state index contributed by atoms with van der Waals surface area (Å²) in [6.07, 6.45) is 7.01. The van der Waals surface area contributed by atoms with Crippen LogP contribution in [0, 0.1) is 6.92 Å². The van der Waals surface area contributed by atoms with Crippen molar-refractivity contribution in [1.82, 2.24) is 29.4 Å². The smallest absolute Gasteiger partial charge is 0.257 e. The molecule has 9 nitrogen and oxygen atoms in total. The Morgan fingerprint density at radius 2 is 1.70 bits per heavy atom.